The van der Waals surface area contributed by atoms with Crippen LogP contribution in [-0.2, 0) is 32.0 Å². The van der Waals surface area contributed by atoms with Gasteiger partial charge in [-0.1, -0.05) is 60.7 Å². The largest absolute Gasteiger partial charge is 0.355 e. The van der Waals surface area contributed by atoms with E-state index in [1.165, 1.54) is 0 Å². The van der Waals surface area contributed by atoms with Crippen LogP contribution in [0.2, 0.25) is 0 Å². The Labute approximate surface area is 288 Å². The Balaban J connectivity index is 0.990. The highest BCUT2D eigenvalue weighted by molar-refractivity contribution is 5.94. The molecule has 8 nitrogen and oxygen atoms in total. The Morgan fingerprint density at radius 3 is 2.06 bits per heavy atom. The Hall–Kier alpha value is -4.56. The van der Waals surface area contributed by atoms with E-state index in [-0.39, 0.29) is 35.8 Å². The zero-order chi connectivity index (χ0) is 34.1. The van der Waals surface area contributed by atoms with Gasteiger partial charge >= 0.3 is 0 Å². The summed E-state index contributed by atoms with van der Waals surface area (Å²) in [5.74, 6) is 0.850. The van der Waals surface area contributed by atoms with Gasteiger partial charge in [-0.15, -0.1) is 0 Å². The van der Waals surface area contributed by atoms with Gasteiger partial charge in [0.15, 0.2) is 11.6 Å². The molecule has 254 valence electrons. The smallest absolute Gasteiger partial charge is 0.245 e. The molecule has 2 saturated heterocycles. The highest BCUT2D eigenvalue weighted by Gasteiger charge is 2.38. The number of amides is 2. The first kappa shape index (κ1) is 33.0. The van der Waals surface area contributed by atoms with Crippen LogP contribution in [0.1, 0.15) is 67.7 Å². The van der Waals surface area contributed by atoms with Gasteiger partial charge in [-0.05, 0) is 99.0 Å². The minimum Gasteiger partial charge on any atom is -0.355 e. The molecule has 8 heteroatoms. The molecule has 2 amide bonds. The second-order valence-corrected chi connectivity index (χ2v) is 14.4. The van der Waals surface area contributed by atoms with Gasteiger partial charge in [-0.2, -0.15) is 0 Å². The number of ketones is 2. The van der Waals surface area contributed by atoms with E-state index >= 15 is 0 Å². The molecule has 1 aliphatic carbocycles. The van der Waals surface area contributed by atoms with Crippen LogP contribution in [-0.4, -0.2) is 82.3 Å². The molecular weight excluding hydrogens is 612 g/mol. The van der Waals surface area contributed by atoms with Gasteiger partial charge in [0.25, 0.3) is 0 Å². The van der Waals surface area contributed by atoms with E-state index in [0.29, 0.717) is 38.3 Å². The molecule has 0 unspecified atom stereocenters. The number of aromatic amines is 1. The lowest BCUT2D eigenvalue weighted by Crippen LogP contribution is -2.46. The summed E-state index contributed by atoms with van der Waals surface area (Å²) in [6.07, 6.45) is 6.64. The summed E-state index contributed by atoms with van der Waals surface area (Å²) in [6.45, 7) is 1.29. The molecule has 4 aromatic rings. The molecule has 0 radical (unpaired) electrons. The Morgan fingerprint density at radius 1 is 0.755 bits per heavy atom. The summed E-state index contributed by atoms with van der Waals surface area (Å²) in [5.41, 5.74) is 5.78. The van der Waals surface area contributed by atoms with Gasteiger partial charge in [0.05, 0.1) is 12.1 Å². The Bertz CT molecular complexity index is 1840. The summed E-state index contributed by atoms with van der Waals surface area (Å²) in [6, 6.07) is 24.9. The average Bonchev–Trinajstić information content (AvgIpc) is 3.47. The number of fused-ring (bicyclic) bond motifs is 1. The molecule has 7 rings (SSSR count). The number of nitrogens with one attached hydrogen (secondary N) is 1. The van der Waals surface area contributed by atoms with Crippen molar-refractivity contribution in [2.45, 2.75) is 75.9 Å². The molecule has 1 saturated carbocycles. The molecule has 49 heavy (non-hydrogen) atoms. The van der Waals surface area contributed by atoms with Crippen LogP contribution in [0.4, 0.5) is 0 Å². The average molecular weight is 659 g/mol. The maximum Gasteiger partial charge on any atom is 0.245 e. The number of aromatic nitrogens is 1. The zero-order valence-corrected chi connectivity index (χ0v) is 28.6. The summed E-state index contributed by atoms with van der Waals surface area (Å²) < 4.78 is 0. The van der Waals surface area contributed by atoms with Crippen LogP contribution >= 0.6 is 0 Å². The van der Waals surface area contributed by atoms with Crippen LogP contribution in [0, 0.1) is 5.92 Å². The second kappa shape index (κ2) is 14.1. The molecule has 0 spiro atoms. The van der Waals surface area contributed by atoms with E-state index in [0.717, 1.165) is 71.0 Å². The van der Waals surface area contributed by atoms with Gasteiger partial charge in [0, 0.05) is 48.9 Å². The SMILES string of the molecule is CN(C)[C@@H](C(=O)N1CCC[C@H]1C(=O)Cc1ccc2[nH]c(-c3ccc(CC(=O)[C@@H]4CCCN4C(=O)CC4CC4)cc3)cc2c1)c1ccccc1. The lowest BCUT2D eigenvalue weighted by Gasteiger charge is -2.31. The van der Waals surface area contributed by atoms with Gasteiger partial charge in [0.1, 0.15) is 6.04 Å². The standard InChI is InChI=1S/C41H46N4O4/c1-43(2)40(31-8-4-3-5-9-31)41(49)45-21-7-11-36(45)38(47)24-29-16-19-33-32(22-29)26-34(42-33)30-17-14-27(15-18-30)23-37(46)35-10-6-20-44(35)39(48)25-28-12-13-28/h3-5,8-9,14-19,22,26,28,35-36,40,42H,6-7,10-13,20-21,23-25H2,1-2H3/t35-,36-,40+/m0/s1. The Morgan fingerprint density at radius 2 is 1.39 bits per heavy atom. The fraction of sp³-hybridized carbons (Fsp3) is 0.415. The number of nitrogens with zero attached hydrogens (tertiary/aromatic N) is 3. The van der Waals surface area contributed by atoms with Crippen molar-refractivity contribution in [3.63, 3.8) is 0 Å². The molecule has 3 fully saturated rings. The molecule has 3 aliphatic rings. The summed E-state index contributed by atoms with van der Waals surface area (Å²) in [5, 5.41) is 1.02. The van der Waals surface area contributed by atoms with Crippen molar-refractivity contribution in [1.82, 2.24) is 19.7 Å². The predicted molar refractivity (Wildman–Crippen MR) is 191 cm³/mol. The van der Waals surface area contributed by atoms with Crippen molar-refractivity contribution in [2.24, 2.45) is 5.92 Å². The normalized spacial score (nSPS) is 19.9. The van der Waals surface area contributed by atoms with Crippen molar-refractivity contribution < 1.29 is 19.2 Å². The maximum atomic E-state index is 13.8. The van der Waals surface area contributed by atoms with Gasteiger partial charge in [0.2, 0.25) is 11.8 Å². The van der Waals surface area contributed by atoms with Crippen molar-refractivity contribution in [1.29, 1.82) is 0 Å². The second-order valence-electron chi connectivity index (χ2n) is 14.4. The molecule has 0 bridgehead atoms. The molecule has 1 N–H and O–H groups in total. The van der Waals surface area contributed by atoms with E-state index in [1.807, 2.05) is 90.6 Å². The fourth-order valence-corrected chi connectivity index (χ4v) is 7.79. The number of likely N-dealkylation sites (N-methyl/N-ethyl adjacent to an activating group) is 1. The van der Waals surface area contributed by atoms with Crippen LogP contribution in [0.5, 0.6) is 0 Å². The van der Waals surface area contributed by atoms with Crippen molar-refractivity contribution >= 4 is 34.3 Å². The number of rotatable bonds is 12. The lowest BCUT2D eigenvalue weighted by atomic mass is 9.99. The maximum absolute atomic E-state index is 13.8. The highest BCUT2D eigenvalue weighted by atomic mass is 16.2. The van der Waals surface area contributed by atoms with E-state index in [4.69, 9.17) is 0 Å². The summed E-state index contributed by atoms with van der Waals surface area (Å²) >= 11 is 0. The third kappa shape index (κ3) is 7.25. The third-order valence-corrected chi connectivity index (χ3v) is 10.6. The first-order valence-corrected chi connectivity index (χ1v) is 17.8. The number of hydrogen-bond acceptors (Lipinski definition) is 5. The predicted octanol–water partition coefficient (Wildman–Crippen LogP) is 6.14. The van der Waals surface area contributed by atoms with E-state index in [9.17, 15) is 19.2 Å². The molecule has 1 aromatic heterocycles. The van der Waals surface area contributed by atoms with Crippen LogP contribution < -0.4 is 0 Å². The monoisotopic (exact) mass is 658 g/mol. The van der Waals surface area contributed by atoms with Gasteiger partial charge in [-0.3, -0.25) is 24.1 Å². The van der Waals surface area contributed by atoms with E-state index in [1.54, 1.807) is 4.90 Å². The summed E-state index contributed by atoms with van der Waals surface area (Å²) in [7, 11) is 3.81. The lowest BCUT2D eigenvalue weighted by molar-refractivity contribution is -0.141. The summed E-state index contributed by atoms with van der Waals surface area (Å²) in [4.78, 5) is 62.4. The van der Waals surface area contributed by atoms with Crippen molar-refractivity contribution in [3.8, 4) is 11.3 Å². The van der Waals surface area contributed by atoms with Crippen LogP contribution in [0.15, 0.2) is 78.9 Å². The molecular formula is C41H46N4O4. The van der Waals surface area contributed by atoms with Crippen molar-refractivity contribution in [2.75, 3.05) is 27.2 Å². The molecule has 3 atom stereocenters. The number of carbonyl (C=O) groups excluding carboxylic acids is 4. The first-order valence-electron chi connectivity index (χ1n) is 17.8. The minimum atomic E-state index is -0.427. The van der Waals surface area contributed by atoms with E-state index in [2.05, 4.69) is 17.1 Å². The number of Topliss-reactive ketones (excluding diaryl/α,β-unsaturated/α-hetero) is 2. The first-order chi connectivity index (χ1) is 23.7. The quantitative estimate of drug-likeness (QED) is 0.197. The number of carbonyl (C=O) groups is 4. The topological polar surface area (TPSA) is 93.8 Å². The molecule has 3 heterocycles. The number of hydrogen-bond donors (Lipinski definition) is 1. The molecule has 2 aliphatic heterocycles. The van der Waals surface area contributed by atoms with Gasteiger partial charge < -0.3 is 14.8 Å². The Kier molecular flexibility index (Phi) is 9.50. The molecule has 3 aromatic carbocycles. The number of benzene rings is 3. The van der Waals surface area contributed by atoms with E-state index < -0.39 is 12.1 Å². The highest BCUT2D eigenvalue weighted by Crippen LogP contribution is 2.34. The minimum absolute atomic E-state index is 0.0207. The number of likely N-dealkylation sites (tertiary alicyclic amines) is 2. The third-order valence-electron chi connectivity index (χ3n) is 10.6. The van der Waals surface area contributed by atoms with Crippen molar-refractivity contribution in [3.05, 3.63) is 95.6 Å². The fourth-order valence-electron chi connectivity index (χ4n) is 7.79. The van der Waals surface area contributed by atoms with Gasteiger partial charge in [-0.25, -0.2) is 0 Å². The zero-order valence-electron chi connectivity index (χ0n) is 28.6. The number of H-pyrrole nitrogens is 1. The van der Waals surface area contributed by atoms with Crippen LogP contribution in [0.25, 0.3) is 22.2 Å². The van der Waals surface area contributed by atoms with Crippen LogP contribution in [0.3, 0.4) is 0 Å².